The maximum absolute atomic E-state index is 11.7. The maximum Gasteiger partial charge on any atom is 0.310 e. The van der Waals surface area contributed by atoms with Crippen molar-refractivity contribution in [2.45, 2.75) is 64.8 Å². The zero-order valence-electron chi connectivity index (χ0n) is 11.8. The van der Waals surface area contributed by atoms with Crippen molar-refractivity contribution in [1.29, 1.82) is 0 Å². The fourth-order valence-electron chi connectivity index (χ4n) is 3.26. The summed E-state index contributed by atoms with van der Waals surface area (Å²) in [7, 11) is 0. The second-order valence-corrected chi connectivity index (χ2v) is 6.47. The molecule has 0 aromatic heterocycles. The van der Waals surface area contributed by atoms with Crippen LogP contribution in [0.3, 0.4) is 0 Å². The molecule has 0 aliphatic heterocycles. The van der Waals surface area contributed by atoms with E-state index in [1.807, 2.05) is 0 Å². The highest BCUT2D eigenvalue weighted by Gasteiger charge is 2.44. The molecule has 0 amide bonds. The third-order valence-corrected chi connectivity index (χ3v) is 4.76. The molecular formula is C15H27NO2. The second-order valence-electron chi connectivity index (χ2n) is 6.47. The first-order valence-corrected chi connectivity index (χ1v) is 7.55. The van der Waals surface area contributed by atoms with E-state index < -0.39 is 11.4 Å². The van der Waals surface area contributed by atoms with Crippen LogP contribution >= 0.6 is 0 Å². The Bertz CT molecular complexity index is 291. The third-order valence-electron chi connectivity index (χ3n) is 4.76. The number of nitrogens with zero attached hydrogens (tertiary/aromatic N) is 1. The lowest BCUT2D eigenvalue weighted by molar-refractivity contribution is -0.153. The molecule has 2 rings (SSSR count). The summed E-state index contributed by atoms with van der Waals surface area (Å²) in [6.45, 7) is 6.28. The topological polar surface area (TPSA) is 40.5 Å². The van der Waals surface area contributed by atoms with Crippen LogP contribution < -0.4 is 0 Å². The number of carboxylic acid groups (broad SMARTS) is 1. The minimum atomic E-state index is -0.559. The average molecular weight is 253 g/mol. The fraction of sp³-hybridized carbons (Fsp3) is 0.933. The van der Waals surface area contributed by atoms with Crippen molar-refractivity contribution >= 4 is 5.97 Å². The molecule has 0 atom stereocenters. The zero-order valence-corrected chi connectivity index (χ0v) is 11.8. The number of rotatable bonds is 6. The highest BCUT2D eigenvalue weighted by Crippen LogP contribution is 2.41. The minimum absolute atomic E-state index is 0.454. The number of carbonyl (C=O) groups is 1. The van der Waals surface area contributed by atoms with Gasteiger partial charge in [-0.3, -0.25) is 9.69 Å². The normalized spacial score (nSPS) is 32.7. The van der Waals surface area contributed by atoms with E-state index in [0.29, 0.717) is 12.0 Å². The predicted molar refractivity (Wildman–Crippen MR) is 72.6 cm³/mol. The summed E-state index contributed by atoms with van der Waals surface area (Å²) in [5.74, 6) is 0.147. The Morgan fingerprint density at radius 2 is 1.89 bits per heavy atom. The Balaban J connectivity index is 2.02. The summed E-state index contributed by atoms with van der Waals surface area (Å²) in [4.78, 5) is 14.2. The van der Waals surface area contributed by atoms with Gasteiger partial charge in [-0.2, -0.15) is 0 Å². The van der Waals surface area contributed by atoms with Gasteiger partial charge in [0.25, 0.3) is 0 Å². The molecule has 3 nitrogen and oxygen atoms in total. The van der Waals surface area contributed by atoms with Gasteiger partial charge in [0, 0.05) is 12.6 Å². The molecule has 0 heterocycles. The summed E-state index contributed by atoms with van der Waals surface area (Å²) in [6.07, 6.45) is 7.57. The Hall–Kier alpha value is -0.570. The highest BCUT2D eigenvalue weighted by molar-refractivity contribution is 5.75. The maximum atomic E-state index is 11.7. The van der Waals surface area contributed by atoms with Crippen molar-refractivity contribution in [3.05, 3.63) is 0 Å². The number of carboxylic acids is 1. The van der Waals surface area contributed by atoms with Gasteiger partial charge < -0.3 is 5.11 Å². The van der Waals surface area contributed by atoms with Gasteiger partial charge in [-0.05, 0) is 57.4 Å². The lowest BCUT2D eigenvalue weighted by Crippen LogP contribution is -2.46. The lowest BCUT2D eigenvalue weighted by atomic mass is 9.70. The van der Waals surface area contributed by atoms with Gasteiger partial charge in [0.1, 0.15) is 0 Å². The van der Waals surface area contributed by atoms with E-state index in [2.05, 4.69) is 18.7 Å². The van der Waals surface area contributed by atoms with Gasteiger partial charge >= 0.3 is 5.97 Å². The minimum Gasteiger partial charge on any atom is -0.481 e. The molecule has 0 aromatic carbocycles. The van der Waals surface area contributed by atoms with Gasteiger partial charge in [0.05, 0.1) is 5.41 Å². The van der Waals surface area contributed by atoms with E-state index in [0.717, 1.165) is 45.2 Å². The molecule has 2 aliphatic rings. The van der Waals surface area contributed by atoms with Crippen LogP contribution in [0.25, 0.3) is 0 Å². The van der Waals surface area contributed by atoms with E-state index in [9.17, 15) is 9.90 Å². The molecule has 0 spiro atoms. The van der Waals surface area contributed by atoms with E-state index in [-0.39, 0.29) is 0 Å². The van der Waals surface area contributed by atoms with Crippen molar-refractivity contribution in [1.82, 2.24) is 4.90 Å². The van der Waals surface area contributed by atoms with Gasteiger partial charge in [-0.25, -0.2) is 0 Å². The fourth-order valence-corrected chi connectivity index (χ4v) is 3.26. The van der Waals surface area contributed by atoms with Crippen molar-refractivity contribution < 1.29 is 9.90 Å². The molecule has 2 saturated carbocycles. The molecule has 2 fully saturated rings. The van der Waals surface area contributed by atoms with Crippen molar-refractivity contribution in [3.8, 4) is 0 Å². The summed E-state index contributed by atoms with van der Waals surface area (Å²) in [5, 5.41) is 9.67. The van der Waals surface area contributed by atoms with Gasteiger partial charge in [0.15, 0.2) is 0 Å². The van der Waals surface area contributed by atoms with Crippen LogP contribution in [0.2, 0.25) is 0 Å². The van der Waals surface area contributed by atoms with E-state index in [4.69, 9.17) is 0 Å². The Kier molecular flexibility index (Phi) is 4.31. The van der Waals surface area contributed by atoms with Gasteiger partial charge in [-0.1, -0.05) is 13.8 Å². The molecule has 3 heteroatoms. The van der Waals surface area contributed by atoms with E-state index >= 15 is 0 Å². The van der Waals surface area contributed by atoms with Crippen molar-refractivity contribution in [2.75, 3.05) is 13.1 Å². The summed E-state index contributed by atoms with van der Waals surface area (Å²) in [5.41, 5.74) is -0.454. The third kappa shape index (κ3) is 3.05. The Morgan fingerprint density at radius 3 is 2.33 bits per heavy atom. The molecule has 18 heavy (non-hydrogen) atoms. The lowest BCUT2D eigenvalue weighted by Gasteiger charge is -2.39. The summed E-state index contributed by atoms with van der Waals surface area (Å²) >= 11 is 0. The molecule has 0 radical (unpaired) electrons. The first kappa shape index (κ1) is 13.9. The van der Waals surface area contributed by atoms with Gasteiger partial charge in [0.2, 0.25) is 0 Å². The largest absolute Gasteiger partial charge is 0.481 e. The van der Waals surface area contributed by atoms with Crippen LogP contribution in [0.1, 0.15) is 58.8 Å². The Labute approximate surface area is 111 Å². The molecule has 0 unspecified atom stereocenters. The standard InChI is InChI=1S/C15H27NO2/c1-3-10-16(13-4-5-13)11-15(14(17)18)8-6-12(2)7-9-15/h12-13H,3-11H2,1-2H3,(H,17,18). The van der Waals surface area contributed by atoms with Gasteiger partial charge in [-0.15, -0.1) is 0 Å². The summed E-state index contributed by atoms with van der Waals surface area (Å²) in [6, 6.07) is 0.681. The highest BCUT2D eigenvalue weighted by atomic mass is 16.4. The van der Waals surface area contributed by atoms with E-state index in [1.54, 1.807) is 0 Å². The first-order chi connectivity index (χ1) is 8.57. The number of aliphatic carboxylic acids is 1. The van der Waals surface area contributed by atoms with Crippen LogP contribution in [0.15, 0.2) is 0 Å². The molecule has 0 bridgehead atoms. The SMILES string of the molecule is CCCN(CC1(C(=O)O)CCC(C)CC1)C1CC1. The van der Waals surface area contributed by atoms with Crippen LogP contribution in [0.4, 0.5) is 0 Å². The predicted octanol–water partition coefficient (Wildman–Crippen LogP) is 3.14. The second kappa shape index (κ2) is 5.60. The molecule has 0 aromatic rings. The monoisotopic (exact) mass is 253 g/mol. The molecular weight excluding hydrogens is 226 g/mol. The molecule has 0 saturated heterocycles. The smallest absolute Gasteiger partial charge is 0.310 e. The van der Waals surface area contributed by atoms with Crippen molar-refractivity contribution in [3.63, 3.8) is 0 Å². The molecule has 104 valence electrons. The summed E-state index contributed by atoms with van der Waals surface area (Å²) < 4.78 is 0. The average Bonchev–Trinajstić information content (AvgIpc) is 3.15. The van der Waals surface area contributed by atoms with Crippen LogP contribution in [0.5, 0.6) is 0 Å². The van der Waals surface area contributed by atoms with Crippen molar-refractivity contribution in [2.24, 2.45) is 11.3 Å². The Morgan fingerprint density at radius 1 is 1.28 bits per heavy atom. The number of hydrogen-bond acceptors (Lipinski definition) is 2. The van der Waals surface area contributed by atoms with E-state index in [1.165, 1.54) is 12.8 Å². The molecule has 2 aliphatic carbocycles. The number of hydrogen-bond donors (Lipinski definition) is 1. The van der Waals surface area contributed by atoms with Crippen LogP contribution in [0, 0.1) is 11.3 Å². The zero-order chi connectivity index (χ0) is 13.2. The quantitative estimate of drug-likeness (QED) is 0.790. The molecule has 1 N–H and O–H groups in total. The van der Waals surface area contributed by atoms with Crippen LogP contribution in [-0.4, -0.2) is 35.1 Å². The van der Waals surface area contributed by atoms with Crippen LogP contribution in [-0.2, 0) is 4.79 Å². The first-order valence-electron chi connectivity index (χ1n) is 7.55.